The molecule has 4 heteroatoms. The third-order valence-electron chi connectivity index (χ3n) is 2.74. The first kappa shape index (κ1) is 10.1. The number of piperazine rings is 1. The lowest BCUT2D eigenvalue weighted by Gasteiger charge is -2.35. The van der Waals surface area contributed by atoms with Gasteiger partial charge in [-0.2, -0.15) is 0 Å². The van der Waals surface area contributed by atoms with Gasteiger partial charge in [0, 0.05) is 38.3 Å². The number of thiol groups is 1. The molecule has 0 saturated carbocycles. The van der Waals surface area contributed by atoms with Crippen LogP contribution in [0, 0.1) is 0 Å². The van der Waals surface area contributed by atoms with E-state index in [1.54, 1.807) is 6.08 Å². The van der Waals surface area contributed by atoms with Crippen LogP contribution in [0.2, 0.25) is 0 Å². The minimum Gasteiger partial charge on any atom is -0.372 e. The van der Waals surface area contributed by atoms with Crippen LogP contribution in [-0.2, 0) is 0 Å². The summed E-state index contributed by atoms with van der Waals surface area (Å²) < 4.78 is 14.8. The fourth-order valence-corrected chi connectivity index (χ4v) is 2.03. The van der Waals surface area contributed by atoms with Gasteiger partial charge in [-0.15, -0.1) is 0 Å². The van der Waals surface area contributed by atoms with Gasteiger partial charge < -0.3 is 4.90 Å². The molecule has 0 aromatic heterocycles. The van der Waals surface area contributed by atoms with Gasteiger partial charge in [-0.05, 0) is 18.6 Å². The van der Waals surface area contributed by atoms with Crippen LogP contribution in [0.25, 0.3) is 0 Å². The van der Waals surface area contributed by atoms with Crippen LogP contribution in [0.3, 0.4) is 0 Å². The van der Waals surface area contributed by atoms with Crippen molar-refractivity contribution in [1.29, 1.82) is 0 Å². The molecular formula is C10H15FN2S. The quantitative estimate of drug-likeness (QED) is 0.667. The Labute approximate surface area is 89.6 Å². The van der Waals surface area contributed by atoms with Crippen LogP contribution in [0.15, 0.2) is 23.7 Å². The molecule has 14 heavy (non-hydrogen) atoms. The highest BCUT2D eigenvalue weighted by Crippen LogP contribution is 2.23. The van der Waals surface area contributed by atoms with Crippen LogP contribution in [-0.4, -0.2) is 35.4 Å². The van der Waals surface area contributed by atoms with Gasteiger partial charge >= 0.3 is 0 Å². The van der Waals surface area contributed by atoms with Crippen LogP contribution < -0.4 is 0 Å². The van der Waals surface area contributed by atoms with Crippen molar-refractivity contribution < 1.29 is 4.39 Å². The largest absolute Gasteiger partial charge is 0.372 e. The maximum Gasteiger partial charge on any atom is 0.100 e. The third-order valence-corrected chi connectivity index (χ3v) is 3.14. The van der Waals surface area contributed by atoms with E-state index in [9.17, 15) is 4.39 Å². The third kappa shape index (κ3) is 2.30. The van der Waals surface area contributed by atoms with E-state index >= 15 is 0 Å². The minimum absolute atomic E-state index is 0.00146. The number of hydrogen-bond donors (Lipinski definition) is 1. The number of rotatable bonds is 1. The van der Waals surface area contributed by atoms with Gasteiger partial charge in [0.2, 0.25) is 0 Å². The molecule has 1 aliphatic heterocycles. The summed E-state index contributed by atoms with van der Waals surface area (Å²) >= 11 is 4.30. The van der Waals surface area contributed by atoms with Gasteiger partial charge in [0.25, 0.3) is 0 Å². The molecule has 0 unspecified atom stereocenters. The first-order valence-electron chi connectivity index (χ1n) is 5.00. The molecule has 2 aliphatic rings. The molecule has 0 aromatic rings. The predicted octanol–water partition coefficient (Wildman–Crippen LogP) is 1.98. The Hall–Kier alpha value is -0.480. The smallest absolute Gasteiger partial charge is 0.100 e. The number of allylic oxidation sites excluding steroid dienone is 4. The Kier molecular flexibility index (Phi) is 3.13. The van der Waals surface area contributed by atoms with E-state index in [0.717, 1.165) is 32.6 Å². The van der Waals surface area contributed by atoms with E-state index < -0.39 is 0 Å². The first-order chi connectivity index (χ1) is 6.75. The van der Waals surface area contributed by atoms with Gasteiger partial charge in [-0.1, -0.05) is 12.8 Å². The summed E-state index contributed by atoms with van der Waals surface area (Å²) in [4.78, 5) is 2.33. The fraction of sp³-hybridized carbons (Fsp3) is 0.600. The Morgan fingerprint density at radius 3 is 2.36 bits per heavy atom. The number of halogens is 1. The zero-order chi connectivity index (χ0) is 9.97. The molecule has 2 rings (SSSR count). The molecule has 1 fully saturated rings. The zero-order valence-electron chi connectivity index (χ0n) is 8.12. The first-order valence-corrected chi connectivity index (χ1v) is 5.40. The summed E-state index contributed by atoms with van der Waals surface area (Å²) in [5.41, 5.74) is 1.27. The van der Waals surface area contributed by atoms with Gasteiger partial charge in [0.1, 0.15) is 5.83 Å². The Morgan fingerprint density at radius 2 is 1.79 bits per heavy atom. The molecule has 78 valence electrons. The van der Waals surface area contributed by atoms with Gasteiger partial charge in [0.15, 0.2) is 0 Å². The molecule has 0 atom stereocenters. The molecule has 0 N–H and O–H groups in total. The normalized spacial score (nSPS) is 24.6. The van der Waals surface area contributed by atoms with E-state index in [1.165, 1.54) is 5.70 Å². The molecule has 0 radical (unpaired) electrons. The monoisotopic (exact) mass is 214 g/mol. The van der Waals surface area contributed by atoms with Crippen molar-refractivity contribution in [3.8, 4) is 0 Å². The SMILES string of the molecule is FC1=CC=C(N2CCN(S)CC2)CC1. The van der Waals surface area contributed by atoms with Crippen LogP contribution in [0.4, 0.5) is 4.39 Å². The number of hydrogen-bond acceptors (Lipinski definition) is 3. The Bertz CT molecular complexity index is 267. The predicted molar refractivity (Wildman–Crippen MR) is 58.6 cm³/mol. The Balaban J connectivity index is 1.96. The van der Waals surface area contributed by atoms with Crippen molar-refractivity contribution in [3.05, 3.63) is 23.7 Å². The van der Waals surface area contributed by atoms with Gasteiger partial charge in [-0.25, -0.2) is 8.70 Å². The Morgan fingerprint density at radius 1 is 1.07 bits per heavy atom. The second kappa shape index (κ2) is 4.36. The van der Waals surface area contributed by atoms with Crippen molar-refractivity contribution in [1.82, 2.24) is 9.21 Å². The summed E-state index contributed by atoms with van der Waals surface area (Å²) in [6, 6.07) is 0. The van der Waals surface area contributed by atoms with Crippen LogP contribution in [0.5, 0.6) is 0 Å². The van der Waals surface area contributed by atoms with Crippen molar-refractivity contribution in [3.63, 3.8) is 0 Å². The highest BCUT2D eigenvalue weighted by atomic mass is 32.1. The number of nitrogens with zero attached hydrogens (tertiary/aromatic N) is 2. The van der Waals surface area contributed by atoms with E-state index in [1.807, 2.05) is 10.4 Å². The molecule has 1 saturated heterocycles. The van der Waals surface area contributed by atoms with Crippen molar-refractivity contribution >= 4 is 12.8 Å². The molecule has 1 aliphatic carbocycles. The van der Waals surface area contributed by atoms with Crippen molar-refractivity contribution in [2.45, 2.75) is 12.8 Å². The highest BCUT2D eigenvalue weighted by molar-refractivity contribution is 7.77. The van der Waals surface area contributed by atoms with Crippen LogP contribution >= 0.6 is 12.8 Å². The molecule has 0 amide bonds. The molecule has 2 nitrogen and oxygen atoms in total. The highest BCUT2D eigenvalue weighted by Gasteiger charge is 2.17. The van der Waals surface area contributed by atoms with Crippen LogP contribution in [0.1, 0.15) is 12.8 Å². The molecule has 0 spiro atoms. The van der Waals surface area contributed by atoms with Gasteiger partial charge in [-0.3, -0.25) is 0 Å². The second-order valence-corrected chi connectivity index (χ2v) is 4.28. The summed E-state index contributed by atoms with van der Waals surface area (Å²) in [6.07, 6.45) is 4.90. The second-order valence-electron chi connectivity index (χ2n) is 3.71. The van der Waals surface area contributed by atoms with Crippen molar-refractivity contribution in [2.24, 2.45) is 0 Å². The maximum atomic E-state index is 12.8. The maximum absolute atomic E-state index is 12.8. The average Bonchev–Trinajstić information content (AvgIpc) is 2.21. The molecular weight excluding hydrogens is 199 g/mol. The topological polar surface area (TPSA) is 6.48 Å². The summed E-state index contributed by atoms with van der Waals surface area (Å²) in [5, 5.41) is 0. The lowest BCUT2D eigenvalue weighted by atomic mass is 10.1. The molecule has 1 heterocycles. The summed E-state index contributed by atoms with van der Waals surface area (Å²) in [7, 11) is 0. The minimum atomic E-state index is 0.00146. The fourth-order valence-electron chi connectivity index (χ4n) is 1.85. The summed E-state index contributed by atoms with van der Waals surface area (Å²) in [5.74, 6) is 0.00146. The van der Waals surface area contributed by atoms with E-state index in [0.29, 0.717) is 6.42 Å². The van der Waals surface area contributed by atoms with Crippen molar-refractivity contribution in [2.75, 3.05) is 26.2 Å². The summed E-state index contributed by atoms with van der Waals surface area (Å²) in [6.45, 7) is 3.97. The van der Waals surface area contributed by atoms with E-state index in [-0.39, 0.29) is 5.83 Å². The van der Waals surface area contributed by atoms with E-state index in [4.69, 9.17) is 0 Å². The lowest BCUT2D eigenvalue weighted by Crippen LogP contribution is -2.41. The molecule has 0 bridgehead atoms. The molecule has 0 aromatic carbocycles. The standard InChI is InChI=1S/C10H15FN2S/c11-9-1-3-10(4-2-9)12-5-7-13(14)8-6-12/h1,3,14H,2,4-8H2. The lowest BCUT2D eigenvalue weighted by molar-refractivity contribution is 0.234. The average molecular weight is 214 g/mol. The van der Waals surface area contributed by atoms with Gasteiger partial charge in [0.05, 0.1) is 0 Å². The zero-order valence-corrected chi connectivity index (χ0v) is 9.01. The van der Waals surface area contributed by atoms with E-state index in [2.05, 4.69) is 17.7 Å².